The van der Waals surface area contributed by atoms with Crippen LogP contribution in [0.2, 0.25) is 0 Å². The van der Waals surface area contributed by atoms with Crippen LogP contribution in [0.5, 0.6) is 0 Å². The highest BCUT2D eigenvalue weighted by atomic mass is 16.5. The molecule has 0 aliphatic rings. The van der Waals surface area contributed by atoms with Crippen LogP contribution in [-0.4, -0.2) is 22.7 Å². The third-order valence-corrected chi connectivity index (χ3v) is 2.77. The molecule has 98 valence electrons. The number of hydrogen-bond acceptors (Lipinski definition) is 3. The number of amides is 1. The maximum absolute atomic E-state index is 11.5. The molecule has 5 nitrogen and oxygen atoms in total. The van der Waals surface area contributed by atoms with Crippen molar-refractivity contribution in [2.75, 3.05) is 0 Å². The van der Waals surface area contributed by atoms with Crippen molar-refractivity contribution in [1.29, 1.82) is 0 Å². The van der Waals surface area contributed by atoms with E-state index in [1.54, 1.807) is 6.92 Å². The van der Waals surface area contributed by atoms with E-state index in [0.717, 1.165) is 5.56 Å². The lowest BCUT2D eigenvalue weighted by Gasteiger charge is -2.23. The molecular weight excluding hydrogens is 234 g/mol. The summed E-state index contributed by atoms with van der Waals surface area (Å²) in [5.74, 6) is -1.08. The summed E-state index contributed by atoms with van der Waals surface area (Å²) in [5, 5.41) is 11.3. The van der Waals surface area contributed by atoms with Crippen molar-refractivity contribution in [2.24, 2.45) is 0 Å². The molecule has 1 amide bonds. The van der Waals surface area contributed by atoms with Gasteiger partial charge in [0.05, 0.1) is 0 Å². The number of ether oxygens (including phenoxy) is 1. The average molecular weight is 251 g/mol. The van der Waals surface area contributed by atoms with E-state index < -0.39 is 17.6 Å². The fourth-order valence-electron chi connectivity index (χ4n) is 1.28. The van der Waals surface area contributed by atoms with E-state index in [1.807, 2.05) is 30.3 Å². The number of rotatable bonds is 5. The summed E-state index contributed by atoms with van der Waals surface area (Å²) in [6.45, 7) is 3.25. The molecule has 0 heterocycles. The van der Waals surface area contributed by atoms with Gasteiger partial charge in [0.1, 0.15) is 12.1 Å². The fraction of sp³-hybridized carbons (Fsp3) is 0.385. The van der Waals surface area contributed by atoms with Gasteiger partial charge < -0.3 is 15.2 Å². The molecule has 0 aromatic heterocycles. The van der Waals surface area contributed by atoms with Crippen LogP contribution in [-0.2, 0) is 16.1 Å². The number of benzene rings is 1. The first-order chi connectivity index (χ1) is 8.48. The molecule has 0 spiro atoms. The van der Waals surface area contributed by atoms with Gasteiger partial charge in [-0.2, -0.15) is 0 Å². The number of alkyl carbamates (subject to hydrolysis) is 1. The van der Waals surface area contributed by atoms with E-state index in [-0.39, 0.29) is 13.0 Å². The van der Waals surface area contributed by atoms with E-state index in [4.69, 9.17) is 9.84 Å². The number of nitrogens with one attached hydrogen (secondary N) is 1. The SMILES string of the molecule is CCC(C)(NC(=O)OCc1ccccc1)C(=O)O. The van der Waals surface area contributed by atoms with Gasteiger partial charge in [-0.25, -0.2) is 9.59 Å². The van der Waals surface area contributed by atoms with Gasteiger partial charge in [-0.3, -0.25) is 0 Å². The highest BCUT2D eigenvalue weighted by molar-refractivity contribution is 5.83. The minimum absolute atomic E-state index is 0.117. The minimum Gasteiger partial charge on any atom is -0.480 e. The molecule has 1 unspecified atom stereocenters. The maximum Gasteiger partial charge on any atom is 0.408 e. The first-order valence-corrected chi connectivity index (χ1v) is 5.70. The van der Waals surface area contributed by atoms with Crippen LogP contribution in [0.1, 0.15) is 25.8 Å². The van der Waals surface area contributed by atoms with Crippen LogP contribution in [0.15, 0.2) is 30.3 Å². The van der Waals surface area contributed by atoms with Crippen molar-refractivity contribution in [3.63, 3.8) is 0 Å². The number of aliphatic carboxylic acids is 1. The first kappa shape index (κ1) is 14.0. The van der Waals surface area contributed by atoms with Gasteiger partial charge >= 0.3 is 12.1 Å². The Morgan fingerprint density at radius 3 is 2.44 bits per heavy atom. The summed E-state index contributed by atoms with van der Waals surface area (Å²) < 4.78 is 4.96. The smallest absolute Gasteiger partial charge is 0.408 e. The summed E-state index contributed by atoms with van der Waals surface area (Å²) in [6, 6.07) is 9.18. The Morgan fingerprint density at radius 1 is 1.33 bits per heavy atom. The van der Waals surface area contributed by atoms with Crippen molar-refractivity contribution in [3.8, 4) is 0 Å². The van der Waals surface area contributed by atoms with Gasteiger partial charge in [-0.15, -0.1) is 0 Å². The number of carboxylic acid groups (broad SMARTS) is 1. The summed E-state index contributed by atoms with van der Waals surface area (Å²) in [7, 11) is 0. The molecule has 1 atom stereocenters. The maximum atomic E-state index is 11.5. The molecule has 2 N–H and O–H groups in total. The third kappa shape index (κ3) is 3.76. The van der Waals surface area contributed by atoms with Crippen LogP contribution in [0.4, 0.5) is 4.79 Å². The van der Waals surface area contributed by atoms with E-state index in [1.165, 1.54) is 6.92 Å². The number of hydrogen-bond donors (Lipinski definition) is 2. The Balaban J connectivity index is 2.49. The predicted molar refractivity (Wildman–Crippen MR) is 66.1 cm³/mol. The molecule has 0 bridgehead atoms. The first-order valence-electron chi connectivity index (χ1n) is 5.70. The van der Waals surface area contributed by atoms with Crippen molar-refractivity contribution < 1.29 is 19.4 Å². The fourth-order valence-corrected chi connectivity index (χ4v) is 1.28. The van der Waals surface area contributed by atoms with Crippen molar-refractivity contribution in [3.05, 3.63) is 35.9 Å². The van der Waals surface area contributed by atoms with Gasteiger partial charge in [0.15, 0.2) is 0 Å². The molecule has 5 heteroatoms. The lowest BCUT2D eigenvalue weighted by molar-refractivity contribution is -0.144. The molecule has 0 aliphatic carbocycles. The highest BCUT2D eigenvalue weighted by Gasteiger charge is 2.33. The Labute approximate surface area is 106 Å². The molecular formula is C13H17NO4. The molecule has 0 saturated carbocycles. The summed E-state index contributed by atoms with van der Waals surface area (Å²) in [4.78, 5) is 22.5. The Kier molecular flexibility index (Phi) is 4.71. The number of carboxylic acids is 1. The van der Waals surface area contributed by atoms with Crippen LogP contribution >= 0.6 is 0 Å². The monoisotopic (exact) mass is 251 g/mol. The Bertz CT molecular complexity index is 418. The van der Waals surface area contributed by atoms with E-state index >= 15 is 0 Å². The molecule has 1 aromatic rings. The zero-order chi connectivity index (χ0) is 13.6. The third-order valence-electron chi connectivity index (χ3n) is 2.77. The van der Waals surface area contributed by atoms with Crippen LogP contribution < -0.4 is 5.32 Å². The molecule has 1 rings (SSSR count). The van der Waals surface area contributed by atoms with Gasteiger partial charge in [0.25, 0.3) is 0 Å². The standard InChI is InChI=1S/C13H17NO4/c1-3-13(2,11(15)16)14-12(17)18-9-10-7-5-4-6-8-10/h4-8H,3,9H2,1-2H3,(H,14,17)(H,15,16). The molecule has 0 aliphatic heterocycles. The van der Waals surface area contributed by atoms with Gasteiger partial charge in [-0.05, 0) is 18.9 Å². The summed E-state index contributed by atoms with van der Waals surface area (Å²) >= 11 is 0. The quantitative estimate of drug-likeness (QED) is 0.840. The second-order valence-electron chi connectivity index (χ2n) is 4.18. The second kappa shape index (κ2) is 6.05. The minimum atomic E-state index is -1.30. The second-order valence-corrected chi connectivity index (χ2v) is 4.18. The lowest BCUT2D eigenvalue weighted by Crippen LogP contribution is -2.51. The number of carbonyl (C=O) groups excluding carboxylic acids is 1. The van der Waals surface area contributed by atoms with Crippen LogP contribution in [0.25, 0.3) is 0 Å². The zero-order valence-corrected chi connectivity index (χ0v) is 10.5. The predicted octanol–water partition coefficient (Wildman–Crippen LogP) is 2.17. The zero-order valence-electron chi connectivity index (χ0n) is 10.5. The topological polar surface area (TPSA) is 75.6 Å². The van der Waals surface area contributed by atoms with Gasteiger partial charge in [0.2, 0.25) is 0 Å². The highest BCUT2D eigenvalue weighted by Crippen LogP contribution is 2.10. The Morgan fingerprint density at radius 2 is 1.94 bits per heavy atom. The molecule has 1 aromatic carbocycles. The average Bonchev–Trinajstić information content (AvgIpc) is 2.37. The summed E-state index contributed by atoms with van der Waals surface area (Å²) in [6.07, 6.45) is -0.450. The van der Waals surface area contributed by atoms with E-state index in [0.29, 0.717) is 0 Å². The van der Waals surface area contributed by atoms with Crippen molar-refractivity contribution >= 4 is 12.1 Å². The van der Waals surface area contributed by atoms with E-state index in [2.05, 4.69) is 5.32 Å². The number of carbonyl (C=O) groups is 2. The van der Waals surface area contributed by atoms with Crippen molar-refractivity contribution in [2.45, 2.75) is 32.4 Å². The normalized spacial score (nSPS) is 13.4. The molecule has 18 heavy (non-hydrogen) atoms. The molecule has 0 saturated heterocycles. The molecule has 0 radical (unpaired) electrons. The van der Waals surface area contributed by atoms with Crippen LogP contribution in [0.3, 0.4) is 0 Å². The molecule has 0 fully saturated rings. The van der Waals surface area contributed by atoms with E-state index in [9.17, 15) is 9.59 Å². The Hall–Kier alpha value is -2.04. The summed E-state index contributed by atoms with van der Waals surface area (Å²) in [5.41, 5.74) is -0.450. The lowest BCUT2D eigenvalue weighted by atomic mass is 10.00. The van der Waals surface area contributed by atoms with Gasteiger partial charge in [-0.1, -0.05) is 37.3 Å². The van der Waals surface area contributed by atoms with Crippen molar-refractivity contribution in [1.82, 2.24) is 5.32 Å². The largest absolute Gasteiger partial charge is 0.480 e. The van der Waals surface area contributed by atoms with Gasteiger partial charge in [0, 0.05) is 0 Å². The van der Waals surface area contributed by atoms with Crippen LogP contribution in [0, 0.1) is 0 Å².